The van der Waals surface area contributed by atoms with Gasteiger partial charge in [-0.2, -0.15) is 0 Å². The SMILES string of the molecule is CCCNc1cncc(NC(C)c2nncn2C)c1. The molecule has 1 atom stereocenters. The molecule has 0 aromatic carbocycles. The van der Waals surface area contributed by atoms with Gasteiger partial charge in [0.1, 0.15) is 6.33 Å². The van der Waals surface area contributed by atoms with Gasteiger partial charge in [0.15, 0.2) is 5.82 Å². The molecule has 2 rings (SSSR count). The van der Waals surface area contributed by atoms with E-state index >= 15 is 0 Å². The lowest BCUT2D eigenvalue weighted by Crippen LogP contribution is -2.12. The number of aromatic nitrogens is 4. The average Bonchev–Trinajstić information content (AvgIpc) is 2.83. The molecular formula is C13H20N6. The molecule has 2 N–H and O–H groups in total. The van der Waals surface area contributed by atoms with Crippen LogP contribution < -0.4 is 10.6 Å². The molecule has 6 heteroatoms. The molecule has 0 aliphatic carbocycles. The van der Waals surface area contributed by atoms with E-state index in [4.69, 9.17) is 0 Å². The zero-order valence-corrected chi connectivity index (χ0v) is 11.6. The Labute approximate surface area is 113 Å². The molecule has 0 saturated heterocycles. The van der Waals surface area contributed by atoms with E-state index in [0.29, 0.717) is 0 Å². The van der Waals surface area contributed by atoms with Crippen LogP contribution in [-0.2, 0) is 7.05 Å². The van der Waals surface area contributed by atoms with Gasteiger partial charge in [0, 0.05) is 13.6 Å². The quantitative estimate of drug-likeness (QED) is 0.833. The van der Waals surface area contributed by atoms with Crippen molar-refractivity contribution < 1.29 is 0 Å². The van der Waals surface area contributed by atoms with Crippen LogP contribution in [0, 0.1) is 0 Å². The molecule has 0 fully saturated rings. The second-order valence-electron chi connectivity index (χ2n) is 4.56. The van der Waals surface area contributed by atoms with Crippen molar-refractivity contribution in [2.75, 3.05) is 17.2 Å². The standard InChI is InChI=1S/C13H20N6/c1-4-5-15-11-6-12(8-14-7-11)17-10(2)13-18-16-9-19(13)3/h6-10,15,17H,4-5H2,1-3H3. The van der Waals surface area contributed by atoms with Gasteiger partial charge in [-0.1, -0.05) is 6.92 Å². The Kier molecular flexibility index (Phi) is 4.33. The highest BCUT2D eigenvalue weighted by atomic mass is 15.3. The summed E-state index contributed by atoms with van der Waals surface area (Å²) in [5, 5.41) is 14.7. The molecule has 0 saturated carbocycles. The third-order valence-corrected chi connectivity index (χ3v) is 2.83. The van der Waals surface area contributed by atoms with Gasteiger partial charge in [-0.3, -0.25) is 4.98 Å². The summed E-state index contributed by atoms with van der Waals surface area (Å²) in [6, 6.07) is 2.13. The third kappa shape index (κ3) is 3.43. The van der Waals surface area contributed by atoms with Crippen LogP contribution in [0.3, 0.4) is 0 Å². The highest BCUT2D eigenvalue weighted by Gasteiger charge is 2.11. The first-order valence-corrected chi connectivity index (χ1v) is 6.50. The lowest BCUT2D eigenvalue weighted by atomic mass is 10.3. The van der Waals surface area contributed by atoms with Crippen molar-refractivity contribution in [1.82, 2.24) is 19.7 Å². The molecular weight excluding hydrogens is 240 g/mol. The zero-order valence-electron chi connectivity index (χ0n) is 11.6. The van der Waals surface area contributed by atoms with E-state index in [1.165, 1.54) is 0 Å². The first kappa shape index (κ1) is 13.3. The number of hydrogen-bond acceptors (Lipinski definition) is 5. The zero-order chi connectivity index (χ0) is 13.7. The highest BCUT2D eigenvalue weighted by Crippen LogP contribution is 2.19. The maximum atomic E-state index is 4.23. The second kappa shape index (κ2) is 6.17. The van der Waals surface area contributed by atoms with Gasteiger partial charge in [0.2, 0.25) is 0 Å². The summed E-state index contributed by atoms with van der Waals surface area (Å²) >= 11 is 0. The monoisotopic (exact) mass is 260 g/mol. The number of rotatable bonds is 6. The molecule has 2 aromatic rings. The molecule has 0 radical (unpaired) electrons. The minimum Gasteiger partial charge on any atom is -0.384 e. The van der Waals surface area contributed by atoms with Gasteiger partial charge in [-0.15, -0.1) is 10.2 Å². The molecule has 102 valence electrons. The fraction of sp³-hybridized carbons (Fsp3) is 0.462. The second-order valence-corrected chi connectivity index (χ2v) is 4.56. The predicted molar refractivity (Wildman–Crippen MR) is 76.1 cm³/mol. The van der Waals surface area contributed by atoms with E-state index in [1.54, 1.807) is 6.33 Å². The van der Waals surface area contributed by atoms with Crippen LogP contribution in [0.4, 0.5) is 11.4 Å². The van der Waals surface area contributed by atoms with Crippen LogP contribution in [0.15, 0.2) is 24.8 Å². The van der Waals surface area contributed by atoms with E-state index in [-0.39, 0.29) is 6.04 Å². The minimum atomic E-state index is 0.0794. The maximum Gasteiger partial charge on any atom is 0.154 e. The van der Waals surface area contributed by atoms with Crippen molar-refractivity contribution in [1.29, 1.82) is 0 Å². The number of nitrogens with zero attached hydrogens (tertiary/aromatic N) is 4. The summed E-state index contributed by atoms with van der Waals surface area (Å²) in [6.45, 7) is 5.14. The van der Waals surface area contributed by atoms with E-state index < -0.39 is 0 Å². The van der Waals surface area contributed by atoms with Gasteiger partial charge >= 0.3 is 0 Å². The summed E-state index contributed by atoms with van der Waals surface area (Å²) in [5.74, 6) is 0.895. The van der Waals surface area contributed by atoms with E-state index in [9.17, 15) is 0 Å². The lowest BCUT2D eigenvalue weighted by molar-refractivity contribution is 0.719. The van der Waals surface area contributed by atoms with E-state index in [1.807, 2.05) is 24.0 Å². The molecule has 0 spiro atoms. The maximum absolute atomic E-state index is 4.23. The largest absolute Gasteiger partial charge is 0.384 e. The topological polar surface area (TPSA) is 67.7 Å². The Balaban J connectivity index is 2.04. The molecule has 0 aliphatic rings. The number of aryl methyl sites for hydroxylation is 1. The Morgan fingerprint density at radius 1 is 1.32 bits per heavy atom. The molecule has 0 aliphatic heterocycles. The first-order chi connectivity index (χ1) is 9.20. The van der Waals surface area contributed by atoms with Crippen LogP contribution in [0.25, 0.3) is 0 Å². The Morgan fingerprint density at radius 3 is 2.79 bits per heavy atom. The van der Waals surface area contributed by atoms with Crippen LogP contribution >= 0.6 is 0 Å². The molecule has 0 bridgehead atoms. The number of hydrogen-bond donors (Lipinski definition) is 2. The predicted octanol–water partition coefficient (Wildman–Crippen LogP) is 2.21. The summed E-state index contributed by atoms with van der Waals surface area (Å²) in [7, 11) is 1.94. The van der Waals surface area contributed by atoms with E-state index in [0.717, 1.165) is 30.2 Å². The van der Waals surface area contributed by atoms with Crippen molar-refractivity contribution in [3.63, 3.8) is 0 Å². The fourth-order valence-electron chi connectivity index (χ4n) is 1.88. The number of nitrogens with one attached hydrogen (secondary N) is 2. The molecule has 6 nitrogen and oxygen atoms in total. The van der Waals surface area contributed by atoms with Gasteiger partial charge in [0.25, 0.3) is 0 Å². The van der Waals surface area contributed by atoms with Gasteiger partial charge in [-0.05, 0) is 19.4 Å². The van der Waals surface area contributed by atoms with Crippen molar-refractivity contribution in [2.24, 2.45) is 7.05 Å². The summed E-state index contributed by atoms with van der Waals surface area (Å²) < 4.78 is 1.91. The molecule has 0 amide bonds. The van der Waals surface area contributed by atoms with E-state index in [2.05, 4.69) is 45.7 Å². The molecule has 2 heterocycles. The Bertz CT molecular complexity index is 521. The van der Waals surface area contributed by atoms with Crippen LogP contribution in [0.5, 0.6) is 0 Å². The Morgan fingerprint density at radius 2 is 2.11 bits per heavy atom. The minimum absolute atomic E-state index is 0.0794. The number of anilines is 2. The average molecular weight is 260 g/mol. The molecule has 19 heavy (non-hydrogen) atoms. The van der Waals surface area contributed by atoms with Gasteiger partial charge in [0.05, 0.1) is 29.8 Å². The smallest absolute Gasteiger partial charge is 0.154 e. The van der Waals surface area contributed by atoms with Crippen LogP contribution in [-0.4, -0.2) is 26.3 Å². The summed E-state index contributed by atoms with van der Waals surface area (Å²) in [6.07, 6.45) is 6.43. The van der Waals surface area contributed by atoms with Crippen molar-refractivity contribution >= 4 is 11.4 Å². The Hall–Kier alpha value is -2.11. The third-order valence-electron chi connectivity index (χ3n) is 2.83. The molecule has 1 unspecified atom stereocenters. The highest BCUT2D eigenvalue weighted by molar-refractivity contribution is 5.54. The van der Waals surface area contributed by atoms with Crippen molar-refractivity contribution in [3.05, 3.63) is 30.6 Å². The van der Waals surface area contributed by atoms with Crippen molar-refractivity contribution in [2.45, 2.75) is 26.3 Å². The first-order valence-electron chi connectivity index (χ1n) is 6.50. The fourth-order valence-corrected chi connectivity index (χ4v) is 1.88. The van der Waals surface area contributed by atoms with Crippen LogP contribution in [0.1, 0.15) is 32.1 Å². The van der Waals surface area contributed by atoms with Gasteiger partial charge < -0.3 is 15.2 Å². The van der Waals surface area contributed by atoms with Gasteiger partial charge in [-0.25, -0.2) is 0 Å². The summed E-state index contributed by atoms with van der Waals surface area (Å²) in [4.78, 5) is 4.23. The summed E-state index contributed by atoms with van der Waals surface area (Å²) in [5.41, 5.74) is 1.99. The molecule has 2 aromatic heterocycles. The number of pyridine rings is 1. The van der Waals surface area contributed by atoms with Crippen LogP contribution in [0.2, 0.25) is 0 Å². The normalized spacial score (nSPS) is 12.2. The van der Waals surface area contributed by atoms with Crippen molar-refractivity contribution in [3.8, 4) is 0 Å². The lowest BCUT2D eigenvalue weighted by Gasteiger charge is -2.15.